The Morgan fingerprint density at radius 1 is 1.62 bits per heavy atom. The van der Waals surface area contributed by atoms with Gasteiger partial charge in [0, 0.05) is 5.54 Å². The van der Waals surface area contributed by atoms with Crippen LogP contribution >= 0.6 is 0 Å². The summed E-state index contributed by atoms with van der Waals surface area (Å²) in [6.07, 6.45) is 1.53. The summed E-state index contributed by atoms with van der Waals surface area (Å²) in [6, 6.07) is 1.99. The zero-order chi connectivity index (χ0) is 10.1. The van der Waals surface area contributed by atoms with Crippen molar-refractivity contribution in [2.24, 2.45) is 0 Å². The Labute approximate surface area is 77.3 Å². The highest BCUT2D eigenvalue weighted by atomic mass is 15.1. The molecule has 0 aliphatic carbocycles. The van der Waals surface area contributed by atoms with Gasteiger partial charge in [-0.15, -0.1) is 4.98 Å². The Morgan fingerprint density at radius 2 is 2.23 bits per heavy atom. The number of nitriles is 1. The highest BCUT2D eigenvalue weighted by molar-refractivity contribution is 5.49. The molecule has 0 saturated carbocycles. The van der Waals surface area contributed by atoms with Crippen LogP contribution in [0, 0.1) is 17.9 Å². The topological polar surface area (TPSA) is 46.0 Å². The van der Waals surface area contributed by atoms with Crippen molar-refractivity contribution in [2.75, 3.05) is 0 Å². The fourth-order valence-corrected chi connectivity index (χ4v) is 1.03. The normalized spacial score (nSPS) is 10.5. The third kappa shape index (κ3) is 1.52. The molecule has 0 radical (unpaired) electrons. The highest BCUT2D eigenvalue weighted by Gasteiger charge is 2.20. The van der Waals surface area contributed by atoms with Gasteiger partial charge in [-0.1, -0.05) is 6.57 Å². The summed E-state index contributed by atoms with van der Waals surface area (Å²) in [6.45, 7) is 12.7. The van der Waals surface area contributed by atoms with Gasteiger partial charge in [0.25, 0.3) is 0 Å². The van der Waals surface area contributed by atoms with E-state index in [0.29, 0.717) is 5.69 Å². The summed E-state index contributed by atoms with van der Waals surface area (Å²) in [5, 5.41) is 8.83. The molecule has 0 bridgehead atoms. The van der Waals surface area contributed by atoms with Crippen LogP contribution in [0.4, 0.5) is 5.82 Å². The van der Waals surface area contributed by atoms with Crippen LogP contribution in [0.1, 0.15) is 26.5 Å². The minimum atomic E-state index is -0.207. The lowest BCUT2D eigenvalue weighted by atomic mass is 10.1. The molecule has 0 N–H and O–H groups in total. The van der Waals surface area contributed by atoms with Gasteiger partial charge in [0.2, 0.25) is 0 Å². The first-order valence-electron chi connectivity index (χ1n) is 3.86. The quantitative estimate of drug-likeness (QED) is 0.565. The van der Waals surface area contributed by atoms with E-state index in [1.807, 2.05) is 26.8 Å². The van der Waals surface area contributed by atoms with Crippen molar-refractivity contribution in [3.8, 4) is 6.07 Å². The molecule has 0 unspecified atom stereocenters. The van der Waals surface area contributed by atoms with Gasteiger partial charge in [0.1, 0.15) is 11.8 Å². The van der Waals surface area contributed by atoms with Gasteiger partial charge in [0.05, 0.1) is 0 Å². The second-order valence-electron chi connectivity index (χ2n) is 3.68. The third-order valence-corrected chi connectivity index (χ3v) is 1.68. The van der Waals surface area contributed by atoms with Crippen LogP contribution in [0.5, 0.6) is 0 Å². The molecule has 4 nitrogen and oxygen atoms in total. The molecule has 0 fully saturated rings. The SMILES string of the molecule is [C-]#[N+]c1ncn(C(C)(C)C)c1C#N. The van der Waals surface area contributed by atoms with E-state index in [2.05, 4.69) is 9.83 Å². The van der Waals surface area contributed by atoms with Gasteiger partial charge in [-0.2, -0.15) is 5.26 Å². The molecular weight excluding hydrogens is 164 g/mol. The average molecular weight is 174 g/mol. The lowest BCUT2D eigenvalue weighted by molar-refractivity contribution is 0.393. The fourth-order valence-electron chi connectivity index (χ4n) is 1.03. The molecular formula is C9H10N4. The van der Waals surface area contributed by atoms with E-state index in [4.69, 9.17) is 11.8 Å². The molecule has 0 amide bonds. The van der Waals surface area contributed by atoms with Gasteiger partial charge in [0.15, 0.2) is 6.33 Å². The Bertz CT molecular complexity index is 395. The Balaban J connectivity index is 3.37. The zero-order valence-electron chi connectivity index (χ0n) is 7.87. The van der Waals surface area contributed by atoms with Crippen LogP contribution in [0.25, 0.3) is 4.85 Å². The molecule has 1 heterocycles. The molecule has 4 heteroatoms. The molecule has 0 spiro atoms. The largest absolute Gasteiger partial charge is 0.358 e. The third-order valence-electron chi connectivity index (χ3n) is 1.68. The van der Waals surface area contributed by atoms with Crippen molar-refractivity contribution in [3.05, 3.63) is 23.4 Å². The summed E-state index contributed by atoms with van der Waals surface area (Å²) >= 11 is 0. The van der Waals surface area contributed by atoms with Crippen molar-refractivity contribution in [1.29, 1.82) is 5.26 Å². The maximum Gasteiger partial charge on any atom is 0.305 e. The molecule has 1 rings (SSSR count). The van der Waals surface area contributed by atoms with Crippen molar-refractivity contribution in [3.63, 3.8) is 0 Å². The van der Waals surface area contributed by atoms with Crippen LogP contribution < -0.4 is 0 Å². The predicted octanol–water partition coefficient (Wildman–Crippen LogP) is 2.06. The van der Waals surface area contributed by atoms with Crippen LogP contribution in [-0.4, -0.2) is 9.55 Å². The maximum atomic E-state index is 8.83. The average Bonchev–Trinajstić information content (AvgIpc) is 2.45. The fraction of sp³-hybridized carbons (Fsp3) is 0.444. The second kappa shape index (κ2) is 2.91. The minimum Gasteiger partial charge on any atom is -0.358 e. The first-order valence-corrected chi connectivity index (χ1v) is 3.86. The van der Waals surface area contributed by atoms with Crippen molar-refractivity contribution >= 4 is 5.82 Å². The lowest BCUT2D eigenvalue weighted by Crippen LogP contribution is -2.22. The van der Waals surface area contributed by atoms with Crippen LogP contribution in [-0.2, 0) is 5.54 Å². The zero-order valence-corrected chi connectivity index (χ0v) is 7.87. The minimum absolute atomic E-state index is 0.178. The Morgan fingerprint density at radius 3 is 2.62 bits per heavy atom. The first-order chi connectivity index (χ1) is 6.00. The summed E-state index contributed by atoms with van der Waals surface area (Å²) < 4.78 is 1.71. The predicted molar refractivity (Wildman–Crippen MR) is 48.2 cm³/mol. The van der Waals surface area contributed by atoms with E-state index < -0.39 is 0 Å². The molecule has 13 heavy (non-hydrogen) atoms. The molecule has 0 atom stereocenters. The van der Waals surface area contributed by atoms with Crippen LogP contribution in [0.2, 0.25) is 0 Å². The maximum absolute atomic E-state index is 8.83. The monoisotopic (exact) mass is 174 g/mol. The number of nitrogens with zero attached hydrogens (tertiary/aromatic N) is 4. The number of aromatic nitrogens is 2. The summed E-state index contributed by atoms with van der Waals surface area (Å²) in [7, 11) is 0. The number of imidazole rings is 1. The number of hydrogen-bond acceptors (Lipinski definition) is 2. The first kappa shape index (κ1) is 9.28. The number of hydrogen-bond donors (Lipinski definition) is 0. The summed E-state index contributed by atoms with van der Waals surface area (Å²) in [5.74, 6) is 0.178. The molecule has 0 aliphatic heterocycles. The summed E-state index contributed by atoms with van der Waals surface area (Å²) in [4.78, 5) is 7.03. The highest BCUT2D eigenvalue weighted by Crippen LogP contribution is 2.23. The van der Waals surface area contributed by atoms with E-state index in [0.717, 1.165) is 0 Å². The summed E-state index contributed by atoms with van der Waals surface area (Å²) in [5.41, 5.74) is 0.128. The molecule has 1 aromatic heterocycles. The molecule has 66 valence electrons. The van der Waals surface area contributed by atoms with E-state index in [1.54, 1.807) is 4.57 Å². The smallest absolute Gasteiger partial charge is 0.305 e. The van der Waals surface area contributed by atoms with Crippen molar-refractivity contribution in [1.82, 2.24) is 9.55 Å². The van der Waals surface area contributed by atoms with Crippen molar-refractivity contribution in [2.45, 2.75) is 26.3 Å². The molecule has 0 aliphatic rings. The van der Waals surface area contributed by atoms with Gasteiger partial charge in [-0.05, 0) is 20.8 Å². The van der Waals surface area contributed by atoms with Gasteiger partial charge in [-0.25, -0.2) is 0 Å². The van der Waals surface area contributed by atoms with Gasteiger partial charge < -0.3 is 9.41 Å². The number of rotatable bonds is 0. The van der Waals surface area contributed by atoms with Gasteiger partial charge in [-0.3, -0.25) is 0 Å². The Hall–Kier alpha value is -1.81. The van der Waals surface area contributed by atoms with E-state index in [1.165, 1.54) is 6.33 Å². The van der Waals surface area contributed by atoms with E-state index in [9.17, 15) is 0 Å². The van der Waals surface area contributed by atoms with Crippen molar-refractivity contribution < 1.29 is 0 Å². The van der Waals surface area contributed by atoms with Crippen LogP contribution in [0.3, 0.4) is 0 Å². The van der Waals surface area contributed by atoms with E-state index >= 15 is 0 Å². The standard InChI is InChI=1S/C9H10N4/c1-9(2,3)13-6-12-8(11-4)7(13)5-10/h6H,1-3H3. The van der Waals surface area contributed by atoms with Crippen LogP contribution in [0.15, 0.2) is 6.33 Å². The molecule has 0 saturated heterocycles. The molecule has 0 aromatic carbocycles. The molecule has 1 aromatic rings. The van der Waals surface area contributed by atoms with Gasteiger partial charge >= 0.3 is 5.82 Å². The van der Waals surface area contributed by atoms with E-state index in [-0.39, 0.29) is 11.4 Å². The second-order valence-corrected chi connectivity index (χ2v) is 3.68. The lowest BCUT2D eigenvalue weighted by Gasteiger charge is -2.20. The Kier molecular flexibility index (Phi) is 2.08.